The molecule has 5 heteroatoms. The summed E-state index contributed by atoms with van der Waals surface area (Å²) in [5.41, 5.74) is 1.83. The predicted octanol–water partition coefficient (Wildman–Crippen LogP) is 2.66. The van der Waals surface area contributed by atoms with Gasteiger partial charge in [-0.25, -0.2) is 4.68 Å². The van der Waals surface area contributed by atoms with Crippen molar-refractivity contribution < 1.29 is 0 Å². The Labute approximate surface area is 91.3 Å². The van der Waals surface area contributed by atoms with Crippen molar-refractivity contribution >= 4 is 23.2 Å². The molecule has 2 aromatic heterocycles. The van der Waals surface area contributed by atoms with Gasteiger partial charge in [-0.15, -0.1) is 11.6 Å². The topological polar surface area (TPSA) is 30.7 Å². The standard InChI is InChI=1S/C9H7Cl2N3/c10-3-7-1-2-12-5-9(7)14-6-8(11)4-13-14/h1-2,4-6H,3H2. The number of nitrogens with zero attached hydrogens (tertiary/aromatic N) is 3. The third-order valence-electron chi connectivity index (χ3n) is 1.83. The summed E-state index contributed by atoms with van der Waals surface area (Å²) in [6.45, 7) is 0. The normalized spacial score (nSPS) is 10.4. The van der Waals surface area contributed by atoms with Gasteiger partial charge in [0.2, 0.25) is 0 Å². The molecule has 0 aromatic carbocycles. The lowest BCUT2D eigenvalue weighted by Gasteiger charge is -2.04. The fraction of sp³-hybridized carbons (Fsp3) is 0.111. The highest BCUT2D eigenvalue weighted by Gasteiger charge is 2.04. The molecule has 3 nitrogen and oxygen atoms in total. The highest BCUT2D eigenvalue weighted by Crippen LogP contribution is 2.16. The van der Waals surface area contributed by atoms with Gasteiger partial charge in [0.1, 0.15) is 0 Å². The largest absolute Gasteiger partial charge is 0.262 e. The molecule has 72 valence electrons. The molecule has 2 aromatic rings. The monoisotopic (exact) mass is 227 g/mol. The van der Waals surface area contributed by atoms with Gasteiger partial charge in [-0.3, -0.25) is 4.98 Å². The number of rotatable bonds is 2. The summed E-state index contributed by atoms with van der Waals surface area (Å²) in [5.74, 6) is 0.426. The van der Waals surface area contributed by atoms with E-state index in [0.717, 1.165) is 11.3 Å². The zero-order chi connectivity index (χ0) is 9.97. The van der Waals surface area contributed by atoms with E-state index in [1.165, 1.54) is 0 Å². The lowest BCUT2D eigenvalue weighted by atomic mass is 10.2. The molecule has 0 saturated heterocycles. The number of alkyl halides is 1. The molecule has 2 rings (SSSR count). The van der Waals surface area contributed by atoms with Crippen molar-refractivity contribution in [2.75, 3.05) is 0 Å². The second kappa shape index (κ2) is 3.98. The maximum absolute atomic E-state index is 5.79. The molecule has 0 fully saturated rings. The molecular weight excluding hydrogens is 221 g/mol. The van der Waals surface area contributed by atoms with Crippen molar-refractivity contribution in [2.24, 2.45) is 0 Å². The van der Waals surface area contributed by atoms with Crippen LogP contribution in [-0.2, 0) is 5.88 Å². The minimum atomic E-state index is 0.426. The molecule has 0 radical (unpaired) electrons. The Morgan fingerprint density at radius 2 is 2.21 bits per heavy atom. The average Bonchev–Trinajstić information content (AvgIpc) is 2.65. The van der Waals surface area contributed by atoms with Crippen molar-refractivity contribution in [3.63, 3.8) is 0 Å². The van der Waals surface area contributed by atoms with Crippen molar-refractivity contribution in [2.45, 2.75) is 5.88 Å². The van der Waals surface area contributed by atoms with Gasteiger partial charge in [0, 0.05) is 18.3 Å². The minimum absolute atomic E-state index is 0.426. The minimum Gasteiger partial charge on any atom is -0.262 e. The van der Waals surface area contributed by atoms with Gasteiger partial charge < -0.3 is 0 Å². The molecule has 0 aliphatic heterocycles. The van der Waals surface area contributed by atoms with Crippen LogP contribution in [0.4, 0.5) is 0 Å². The zero-order valence-electron chi connectivity index (χ0n) is 7.19. The van der Waals surface area contributed by atoms with E-state index < -0.39 is 0 Å². The smallest absolute Gasteiger partial charge is 0.0873 e. The summed E-state index contributed by atoms with van der Waals surface area (Å²) in [7, 11) is 0. The first-order chi connectivity index (χ1) is 6.81. The molecule has 0 spiro atoms. The third-order valence-corrected chi connectivity index (χ3v) is 2.31. The zero-order valence-corrected chi connectivity index (χ0v) is 8.70. The van der Waals surface area contributed by atoms with Gasteiger partial charge in [-0.05, 0) is 11.6 Å². The first-order valence-corrected chi connectivity index (χ1v) is 4.92. The lowest BCUT2D eigenvalue weighted by Crippen LogP contribution is -1.99. The van der Waals surface area contributed by atoms with Crippen LogP contribution in [0, 0.1) is 0 Å². The van der Waals surface area contributed by atoms with Crippen molar-refractivity contribution in [3.05, 3.63) is 41.4 Å². The SMILES string of the molecule is ClCc1ccncc1-n1cc(Cl)cn1. The van der Waals surface area contributed by atoms with E-state index in [2.05, 4.69) is 10.1 Å². The number of hydrogen-bond donors (Lipinski definition) is 0. The van der Waals surface area contributed by atoms with Gasteiger partial charge in [0.25, 0.3) is 0 Å². The van der Waals surface area contributed by atoms with E-state index in [0.29, 0.717) is 10.9 Å². The van der Waals surface area contributed by atoms with Gasteiger partial charge in [0.15, 0.2) is 0 Å². The lowest BCUT2D eigenvalue weighted by molar-refractivity contribution is 0.863. The van der Waals surface area contributed by atoms with Crippen LogP contribution >= 0.6 is 23.2 Å². The van der Waals surface area contributed by atoms with Crippen LogP contribution in [0.15, 0.2) is 30.9 Å². The van der Waals surface area contributed by atoms with E-state index in [1.807, 2.05) is 6.07 Å². The van der Waals surface area contributed by atoms with Crippen LogP contribution in [0.3, 0.4) is 0 Å². The summed E-state index contributed by atoms with van der Waals surface area (Å²) in [6, 6.07) is 1.86. The van der Waals surface area contributed by atoms with Gasteiger partial charge in [-0.1, -0.05) is 11.6 Å². The van der Waals surface area contributed by atoms with E-state index >= 15 is 0 Å². The van der Waals surface area contributed by atoms with Crippen molar-refractivity contribution in [1.29, 1.82) is 0 Å². The summed E-state index contributed by atoms with van der Waals surface area (Å²) >= 11 is 11.6. The molecule has 0 bridgehead atoms. The summed E-state index contributed by atoms with van der Waals surface area (Å²) in [6.07, 6.45) is 6.70. The average molecular weight is 228 g/mol. The Kier molecular flexibility index (Phi) is 2.70. The Morgan fingerprint density at radius 3 is 2.86 bits per heavy atom. The second-order valence-electron chi connectivity index (χ2n) is 2.74. The molecule has 0 aliphatic rings. The first kappa shape index (κ1) is 9.49. The Morgan fingerprint density at radius 1 is 1.36 bits per heavy atom. The second-order valence-corrected chi connectivity index (χ2v) is 3.44. The van der Waals surface area contributed by atoms with Gasteiger partial charge in [-0.2, -0.15) is 5.10 Å². The fourth-order valence-corrected chi connectivity index (χ4v) is 1.53. The molecule has 0 aliphatic carbocycles. The highest BCUT2D eigenvalue weighted by molar-refractivity contribution is 6.30. The van der Waals surface area contributed by atoms with Crippen LogP contribution < -0.4 is 0 Å². The molecule has 0 amide bonds. The first-order valence-electron chi connectivity index (χ1n) is 4.00. The molecular formula is C9H7Cl2N3. The number of halogens is 2. The molecule has 14 heavy (non-hydrogen) atoms. The molecule has 0 atom stereocenters. The van der Waals surface area contributed by atoms with Crippen LogP contribution in [0.25, 0.3) is 5.69 Å². The van der Waals surface area contributed by atoms with Crippen LogP contribution in [0.5, 0.6) is 0 Å². The molecule has 2 heterocycles. The Hall–Kier alpha value is -1.06. The quantitative estimate of drug-likeness (QED) is 0.739. The summed E-state index contributed by atoms with van der Waals surface area (Å²) in [4.78, 5) is 4.02. The third kappa shape index (κ3) is 1.74. The number of pyridine rings is 1. The van der Waals surface area contributed by atoms with Crippen LogP contribution in [-0.4, -0.2) is 14.8 Å². The van der Waals surface area contributed by atoms with E-state index in [1.54, 1.807) is 29.5 Å². The number of aromatic nitrogens is 3. The Bertz CT molecular complexity index is 439. The van der Waals surface area contributed by atoms with Gasteiger partial charge in [0.05, 0.1) is 23.1 Å². The fourth-order valence-electron chi connectivity index (χ4n) is 1.17. The van der Waals surface area contributed by atoms with Crippen LogP contribution in [0.1, 0.15) is 5.56 Å². The summed E-state index contributed by atoms with van der Waals surface area (Å²) < 4.78 is 1.66. The molecule has 0 saturated carbocycles. The molecule has 0 N–H and O–H groups in total. The predicted molar refractivity (Wildman–Crippen MR) is 55.9 cm³/mol. The van der Waals surface area contributed by atoms with E-state index in [-0.39, 0.29) is 0 Å². The van der Waals surface area contributed by atoms with E-state index in [9.17, 15) is 0 Å². The van der Waals surface area contributed by atoms with E-state index in [4.69, 9.17) is 23.2 Å². The van der Waals surface area contributed by atoms with Gasteiger partial charge >= 0.3 is 0 Å². The Balaban J connectivity index is 2.50. The highest BCUT2D eigenvalue weighted by atomic mass is 35.5. The van der Waals surface area contributed by atoms with Crippen molar-refractivity contribution in [3.8, 4) is 5.69 Å². The summed E-state index contributed by atoms with van der Waals surface area (Å²) in [5, 5.41) is 4.67. The van der Waals surface area contributed by atoms with Crippen LogP contribution in [0.2, 0.25) is 5.02 Å². The molecule has 0 unspecified atom stereocenters. The maximum Gasteiger partial charge on any atom is 0.0873 e. The maximum atomic E-state index is 5.79. The number of hydrogen-bond acceptors (Lipinski definition) is 2. The van der Waals surface area contributed by atoms with Crippen molar-refractivity contribution in [1.82, 2.24) is 14.8 Å².